The van der Waals surface area contributed by atoms with E-state index in [0.29, 0.717) is 28.6 Å². The van der Waals surface area contributed by atoms with Crippen molar-refractivity contribution in [3.63, 3.8) is 0 Å². The number of hydrogen-bond acceptors (Lipinski definition) is 6. The van der Waals surface area contributed by atoms with Crippen LogP contribution in [0.4, 0.5) is 0 Å². The number of aryl methyl sites for hydroxylation is 1. The molecular formula is C31H24O7. The lowest BCUT2D eigenvalue weighted by Gasteiger charge is -2.26. The second-order valence-corrected chi connectivity index (χ2v) is 9.54. The van der Waals surface area contributed by atoms with E-state index < -0.39 is 17.9 Å². The molecule has 0 radical (unpaired) electrons. The molecule has 0 unspecified atom stereocenters. The molecular weight excluding hydrogens is 484 g/mol. The Balaban J connectivity index is 1.28. The van der Waals surface area contributed by atoms with Crippen molar-refractivity contribution in [2.75, 3.05) is 0 Å². The normalized spacial score (nSPS) is 12.6. The zero-order valence-corrected chi connectivity index (χ0v) is 21.0. The zero-order chi connectivity index (χ0) is 27.0. The van der Waals surface area contributed by atoms with Gasteiger partial charge in [0, 0.05) is 5.41 Å². The number of aromatic carboxylic acids is 1. The SMILES string of the molecule is Cc1cc(Oc2ccc(C(C)(C)c3ccc(Oc4ccc5c(c4)C(=O)OC5=O)cc3)cc2)ccc1C(=O)O. The second kappa shape index (κ2) is 9.52. The van der Waals surface area contributed by atoms with Crippen LogP contribution in [0.5, 0.6) is 23.0 Å². The van der Waals surface area contributed by atoms with Gasteiger partial charge in [-0.25, -0.2) is 14.4 Å². The molecule has 0 amide bonds. The summed E-state index contributed by atoms with van der Waals surface area (Å²) in [7, 11) is 0. The van der Waals surface area contributed by atoms with Crippen LogP contribution < -0.4 is 9.47 Å². The number of carboxylic acid groups (broad SMARTS) is 1. The predicted octanol–water partition coefficient (Wildman–Crippen LogP) is 6.91. The van der Waals surface area contributed by atoms with Gasteiger partial charge in [-0.05, 0) is 84.3 Å². The van der Waals surface area contributed by atoms with Crippen LogP contribution in [-0.2, 0) is 10.2 Å². The lowest BCUT2D eigenvalue weighted by atomic mass is 9.78. The van der Waals surface area contributed by atoms with Crippen LogP contribution in [0.25, 0.3) is 0 Å². The molecule has 38 heavy (non-hydrogen) atoms. The summed E-state index contributed by atoms with van der Waals surface area (Å²) in [5.74, 6) is -0.0336. The Hall–Kier alpha value is -4.91. The van der Waals surface area contributed by atoms with Crippen LogP contribution in [-0.4, -0.2) is 23.0 Å². The van der Waals surface area contributed by atoms with E-state index in [-0.39, 0.29) is 22.1 Å². The van der Waals surface area contributed by atoms with Crippen LogP contribution in [0.3, 0.4) is 0 Å². The highest BCUT2D eigenvalue weighted by atomic mass is 16.6. The summed E-state index contributed by atoms with van der Waals surface area (Å²) < 4.78 is 16.4. The molecule has 5 rings (SSSR count). The summed E-state index contributed by atoms with van der Waals surface area (Å²) in [5, 5.41) is 9.20. The molecule has 0 saturated heterocycles. The first-order valence-electron chi connectivity index (χ1n) is 11.9. The second-order valence-electron chi connectivity index (χ2n) is 9.54. The third-order valence-electron chi connectivity index (χ3n) is 6.67. The van der Waals surface area contributed by atoms with E-state index in [1.807, 2.05) is 48.5 Å². The molecule has 1 heterocycles. The molecule has 0 aliphatic carbocycles. The fourth-order valence-corrected chi connectivity index (χ4v) is 4.39. The minimum absolute atomic E-state index is 0.199. The van der Waals surface area contributed by atoms with Crippen molar-refractivity contribution in [2.45, 2.75) is 26.2 Å². The maximum atomic E-state index is 11.8. The number of esters is 2. The maximum absolute atomic E-state index is 11.8. The van der Waals surface area contributed by atoms with Gasteiger partial charge in [-0.1, -0.05) is 38.1 Å². The fraction of sp³-hybridized carbons (Fsp3) is 0.129. The van der Waals surface area contributed by atoms with Gasteiger partial charge < -0.3 is 19.3 Å². The Labute approximate surface area is 219 Å². The summed E-state index contributed by atoms with van der Waals surface area (Å²) in [6.07, 6.45) is 0. The molecule has 4 aromatic carbocycles. The van der Waals surface area contributed by atoms with Gasteiger partial charge >= 0.3 is 17.9 Å². The summed E-state index contributed by atoms with van der Waals surface area (Å²) in [4.78, 5) is 34.7. The van der Waals surface area contributed by atoms with Crippen molar-refractivity contribution in [1.29, 1.82) is 0 Å². The standard InChI is InChI=1S/C31H24O7/c1-18-16-23(12-14-25(18)28(32)33)36-21-8-4-19(5-9-21)31(2,3)20-6-10-22(11-7-20)37-24-13-15-26-27(17-24)30(35)38-29(26)34/h4-17H,1-3H3,(H,32,33). The first-order valence-corrected chi connectivity index (χ1v) is 11.9. The summed E-state index contributed by atoms with van der Waals surface area (Å²) >= 11 is 0. The van der Waals surface area contributed by atoms with Gasteiger partial charge in [-0.2, -0.15) is 0 Å². The number of hydrogen-bond donors (Lipinski definition) is 1. The zero-order valence-electron chi connectivity index (χ0n) is 21.0. The lowest BCUT2D eigenvalue weighted by molar-refractivity contribution is 0.0443. The minimum Gasteiger partial charge on any atom is -0.478 e. The molecule has 1 N–H and O–H groups in total. The van der Waals surface area contributed by atoms with E-state index in [4.69, 9.17) is 9.47 Å². The van der Waals surface area contributed by atoms with Gasteiger partial charge in [0.1, 0.15) is 23.0 Å². The molecule has 4 aromatic rings. The number of carbonyl (C=O) groups excluding carboxylic acids is 2. The number of rotatable bonds is 7. The van der Waals surface area contributed by atoms with Crippen LogP contribution in [0.1, 0.15) is 61.6 Å². The average molecular weight is 509 g/mol. The van der Waals surface area contributed by atoms with Gasteiger partial charge in [0.2, 0.25) is 0 Å². The topological polar surface area (TPSA) is 99.1 Å². The molecule has 0 bridgehead atoms. The van der Waals surface area contributed by atoms with E-state index in [9.17, 15) is 19.5 Å². The number of cyclic esters (lactones) is 2. The average Bonchev–Trinajstić information content (AvgIpc) is 3.17. The molecule has 1 aliphatic rings. The highest BCUT2D eigenvalue weighted by molar-refractivity contribution is 6.14. The molecule has 190 valence electrons. The molecule has 7 nitrogen and oxygen atoms in total. The number of carboxylic acids is 1. The van der Waals surface area contributed by atoms with Crippen molar-refractivity contribution in [3.8, 4) is 23.0 Å². The molecule has 0 aromatic heterocycles. The van der Waals surface area contributed by atoms with Crippen molar-refractivity contribution in [1.82, 2.24) is 0 Å². The summed E-state index contributed by atoms with van der Waals surface area (Å²) in [6, 6.07) is 25.0. The highest BCUT2D eigenvalue weighted by Gasteiger charge is 2.30. The van der Waals surface area contributed by atoms with E-state index in [2.05, 4.69) is 18.6 Å². The number of benzene rings is 4. The maximum Gasteiger partial charge on any atom is 0.347 e. The smallest absolute Gasteiger partial charge is 0.347 e. The molecule has 0 atom stereocenters. The van der Waals surface area contributed by atoms with Gasteiger partial charge in [-0.15, -0.1) is 0 Å². The predicted molar refractivity (Wildman–Crippen MR) is 139 cm³/mol. The van der Waals surface area contributed by atoms with Crippen LogP contribution in [0.15, 0.2) is 84.9 Å². The molecule has 1 aliphatic heterocycles. The Morgan fingerprint density at radius 2 is 1.16 bits per heavy atom. The van der Waals surface area contributed by atoms with Gasteiger partial charge in [0.05, 0.1) is 16.7 Å². The Bertz CT molecular complexity index is 1570. The summed E-state index contributed by atoms with van der Waals surface area (Å²) in [5.41, 5.74) is 3.16. The van der Waals surface area contributed by atoms with Crippen molar-refractivity contribution >= 4 is 17.9 Å². The molecule has 0 spiro atoms. The van der Waals surface area contributed by atoms with Crippen molar-refractivity contribution < 1.29 is 33.7 Å². The number of fused-ring (bicyclic) bond motifs is 1. The monoisotopic (exact) mass is 508 g/mol. The highest BCUT2D eigenvalue weighted by Crippen LogP contribution is 2.35. The molecule has 0 fully saturated rings. The van der Waals surface area contributed by atoms with E-state index in [1.165, 1.54) is 18.2 Å². The molecule has 0 saturated carbocycles. The van der Waals surface area contributed by atoms with E-state index in [0.717, 1.165) is 11.1 Å². The first-order chi connectivity index (χ1) is 18.1. The van der Waals surface area contributed by atoms with Crippen molar-refractivity contribution in [2.24, 2.45) is 0 Å². The Morgan fingerprint density at radius 1 is 0.684 bits per heavy atom. The molecule has 7 heteroatoms. The summed E-state index contributed by atoms with van der Waals surface area (Å²) in [6.45, 7) is 5.98. The van der Waals surface area contributed by atoms with Gasteiger partial charge in [0.15, 0.2) is 0 Å². The van der Waals surface area contributed by atoms with Gasteiger partial charge in [-0.3, -0.25) is 0 Å². The third kappa shape index (κ3) is 4.74. The van der Waals surface area contributed by atoms with Crippen LogP contribution in [0.2, 0.25) is 0 Å². The van der Waals surface area contributed by atoms with E-state index in [1.54, 1.807) is 25.1 Å². The largest absolute Gasteiger partial charge is 0.478 e. The van der Waals surface area contributed by atoms with Crippen LogP contribution in [0, 0.1) is 6.92 Å². The Morgan fingerprint density at radius 3 is 1.68 bits per heavy atom. The quantitative estimate of drug-likeness (QED) is 0.214. The van der Waals surface area contributed by atoms with E-state index >= 15 is 0 Å². The minimum atomic E-state index is -0.965. The third-order valence-corrected chi connectivity index (χ3v) is 6.67. The van der Waals surface area contributed by atoms with Crippen molar-refractivity contribution in [3.05, 3.63) is 118 Å². The Kier molecular flexibility index (Phi) is 6.20. The number of ether oxygens (including phenoxy) is 3. The number of carbonyl (C=O) groups is 3. The van der Waals surface area contributed by atoms with Gasteiger partial charge in [0.25, 0.3) is 0 Å². The van der Waals surface area contributed by atoms with Crippen LogP contribution >= 0.6 is 0 Å². The fourth-order valence-electron chi connectivity index (χ4n) is 4.39. The first kappa shape index (κ1) is 24.8. The lowest BCUT2D eigenvalue weighted by Crippen LogP contribution is -2.18.